The van der Waals surface area contributed by atoms with Crippen molar-refractivity contribution in [2.45, 2.75) is 26.3 Å². The molecule has 2 N–H and O–H groups in total. The van der Waals surface area contributed by atoms with Crippen LogP contribution in [0.25, 0.3) is 21.7 Å². The molecule has 3 rings (SSSR count). The molecule has 9 heteroatoms. The number of nitrogens with zero attached hydrogens (tertiary/aromatic N) is 2. The molecule has 7 nitrogen and oxygen atoms in total. The molecule has 1 aromatic carbocycles. The molecular formula is C20H21Cl2N3O4. The van der Waals surface area contributed by atoms with Gasteiger partial charge in [-0.2, -0.15) is 0 Å². The predicted octanol–water partition coefficient (Wildman–Crippen LogP) is 4.45. The van der Waals surface area contributed by atoms with E-state index in [9.17, 15) is 9.59 Å². The maximum Gasteiger partial charge on any atom is 0.404 e. The van der Waals surface area contributed by atoms with Gasteiger partial charge >= 0.3 is 6.09 Å². The molecule has 29 heavy (non-hydrogen) atoms. The molecule has 2 aromatic heterocycles. The minimum Gasteiger partial charge on any atom is -0.488 e. The Kier molecular flexibility index (Phi) is 6.19. The number of aromatic nitrogens is 2. The average molecular weight is 438 g/mol. The lowest BCUT2D eigenvalue weighted by atomic mass is 10.0. The highest BCUT2D eigenvalue weighted by Gasteiger charge is 2.20. The first kappa shape index (κ1) is 21.2. The number of ether oxygens (including phenoxy) is 1. The summed E-state index contributed by atoms with van der Waals surface area (Å²) in [4.78, 5) is 27.8. The van der Waals surface area contributed by atoms with E-state index >= 15 is 0 Å². The van der Waals surface area contributed by atoms with Gasteiger partial charge in [0.15, 0.2) is 5.75 Å². The number of pyridine rings is 2. The van der Waals surface area contributed by atoms with E-state index in [1.807, 2.05) is 13.8 Å². The molecule has 0 saturated heterocycles. The van der Waals surface area contributed by atoms with Gasteiger partial charge in [-0.3, -0.25) is 9.78 Å². The van der Waals surface area contributed by atoms with Crippen LogP contribution in [0.15, 0.2) is 29.3 Å². The van der Waals surface area contributed by atoms with Crippen LogP contribution in [-0.2, 0) is 7.05 Å². The van der Waals surface area contributed by atoms with Crippen molar-refractivity contribution in [2.75, 3.05) is 6.61 Å². The maximum atomic E-state index is 12.7. The predicted molar refractivity (Wildman–Crippen MR) is 114 cm³/mol. The van der Waals surface area contributed by atoms with Crippen molar-refractivity contribution < 1.29 is 14.6 Å². The summed E-state index contributed by atoms with van der Waals surface area (Å²) in [6.07, 6.45) is 2.57. The molecule has 1 unspecified atom stereocenters. The minimum absolute atomic E-state index is 0.0564. The van der Waals surface area contributed by atoms with Crippen molar-refractivity contribution >= 4 is 51.0 Å². The van der Waals surface area contributed by atoms with E-state index in [1.54, 1.807) is 25.4 Å². The number of benzene rings is 1. The van der Waals surface area contributed by atoms with E-state index < -0.39 is 12.1 Å². The lowest BCUT2D eigenvalue weighted by Crippen LogP contribution is -2.39. The molecule has 1 atom stereocenters. The summed E-state index contributed by atoms with van der Waals surface area (Å²) in [5.74, 6) is 0.476. The molecule has 0 aliphatic carbocycles. The number of fused-ring (bicyclic) bond motifs is 3. The van der Waals surface area contributed by atoms with Crippen LogP contribution in [0.1, 0.15) is 20.3 Å². The lowest BCUT2D eigenvalue weighted by Gasteiger charge is -2.21. The number of amides is 1. The Morgan fingerprint density at radius 3 is 2.69 bits per heavy atom. The zero-order valence-corrected chi connectivity index (χ0v) is 17.7. The smallest absolute Gasteiger partial charge is 0.404 e. The van der Waals surface area contributed by atoms with Crippen LogP contribution in [0.4, 0.5) is 4.79 Å². The highest BCUT2D eigenvalue weighted by atomic mass is 35.5. The zero-order chi connectivity index (χ0) is 21.3. The number of carboxylic acid groups (broad SMARTS) is 1. The number of hydrogen-bond donors (Lipinski definition) is 2. The molecule has 0 saturated carbocycles. The molecule has 0 radical (unpaired) electrons. The van der Waals surface area contributed by atoms with E-state index in [4.69, 9.17) is 33.0 Å². The van der Waals surface area contributed by atoms with Crippen LogP contribution in [0.2, 0.25) is 10.0 Å². The standard InChI is InChI=1S/C20H21Cl2N3O4/c1-10(2)6-11(24-20(27)28)9-29-18-15(21)7-13-12-4-5-23-8-14(12)19(26)25(3)17(13)16(18)22/h4-5,7-8,10-11,24H,6,9H2,1-3H3,(H,27,28). The van der Waals surface area contributed by atoms with Crippen molar-refractivity contribution in [3.63, 3.8) is 0 Å². The van der Waals surface area contributed by atoms with E-state index in [0.717, 1.165) is 0 Å². The normalized spacial score (nSPS) is 12.5. The van der Waals surface area contributed by atoms with Crippen molar-refractivity contribution in [1.29, 1.82) is 0 Å². The van der Waals surface area contributed by atoms with Gasteiger partial charge in [-0.05, 0) is 29.9 Å². The van der Waals surface area contributed by atoms with Crippen LogP contribution in [0.5, 0.6) is 5.75 Å². The van der Waals surface area contributed by atoms with Gasteiger partial charge in [-0.25, -0.2) is 4.79 Å². The number of rotatable bonds is 6. The van der Waals surface area contributed by atoms with Crippen LogP contribution < -0.4 is 15.6 Å². The van der Waals surface area contributed by atoms with Gasteiger partial charge in [0.25, 0.3) is 5.56 Å². The van der Waals surface area contributed by atoms with E-state index in [-0.39, 0.29) is 33.9 Å². The average Bonchev–Trinajstić information content (AvgIpc) is 2.64. The van der Waals surface area contributed by atoms with Gasteiger partial charge in [0.2, 0.25) is 0 Å². The Hall–Kier alpha value is -2.51. The van der Waals surface area contributed by atoms with Crippen LogP contribution in [0, 0.1) is 5.92 Å². The van der Waals surface area contributed by atoms with Gasteiger partial charge in [0.1, 0.15) is 11.6 Å². The van der Waals surface area contributed by atoms with E-state index in [2.05, 4.69) is 10.3 Å². The second-order valence-electron chi connectivity index (χ2n) is 7.27. The Balaban J connectivity index is 2.08. The second-order valence-corrected chi connectivity index (χ2v) is 8.06. The Morgan fingerprint density at radius 2 is 2.03 bits per heavy atom. The molecule has 0 aliphatic heterocycles. The lowest BCUT2D eigenvalue weighted by molar-refractivity contribution is 0.176. The third-order valence-electron chi connectivity index (χ3n) is 4.64. The summed E-state index contributed by atoms with van der Waals surface area (Å²) in [7, 11) is 1.62. The fourth-order valence-electron chi connectivity index (χ4n) is 3.43. The molecule has 0 spiro atoms. The maximum absolute atomic E-state index is 12.7. The van der Waals surface area contributed by atoms with Crippen molar-refractivity contribution in [3.8, 4) is 5.75 Å². The van der Waals surface area contributed by atoms with E-state index in [0.29, 0.717) is 28.1 Å². The molecular weight excluding hydrogens is 417 g/mol. The van der Waals surface area contributed by atoms with Gasteiger partial charge in [0, 0.05) is 24.8 Å². The Labute approximate surface area is 177 Å². The van der Waals surface area contributed by atoms with Gasteiger partial charge in [-0.15, -0.1) is 0 Å². The molecule has 1 amide bonds. The van der Waals surface area contributed by atoms with E-state index in [1.165, 1.54) is 10.8 Å². The first-order chi connectivity index (χ1) is 13.7. The summed E-state index contributed by atoms with van der Waals surface area (Å²) in [6, 6.07) is 3.01. The minimum atomic E-state index is -1.13. The van der Waals surface area contributed by atoms with Crippen molar-refractivity contribution in [3.05, 3.63) is 44.9 Å². The first-order valence-electron chi connectivity index (χ1n) is 9.07. The SMILES string of the molecule is CC(C)CC(COc1c(Cl)cc2c3ccncc3c(=O)n(C)c2c1Cl)NC(=O)O. The molecule has 0 aliphatic rings. The summed E-state index contributed by atoms with van der Waals surface area (Å²) in [5.41, 5.74) is 0.252. The van der Waals surface area contributed by atoms with Crippen molar-refractivity contribution in [2.24, 2.45) is 13.0 Å². The number of aryl methyl sites for hydroxylation is 1. The number of halogens is 2. The Bertz CT molecular complexity index is 1140. The fourth-order valence-corrected chi connectivity index (χ4v) is 4.13. The van der Waals surface area contributed by atoms with Gasteiger partial charge < -0.3 is 19.7 Å². The first-order valence-corrected chi connectivity index (χ1v) is 9.83. The number of nitrogens with one attached hydrogen (secondary N) is 1. The topological polar surface area (TPSA) is 93.5 Å². The molecule has 3 aromatic rings. The summed E-state index contributed by atoms with van der Waals surface area (Å²) in [5, 5.41) is 13.8. The quantitative estimate of drug-likeness (QED) is 0.555. The monoisotopic (exact) mass is 437 g/mol. The third-order valence-corrected chi connectivity index (χ3v) is 5.28. The fraction of sp³-hybridized carbons (Fsp3) is 0.350. The third kappa shape index (κ3) is 4.26. The second kappa shape index (κ2) is 8.47. The van der Waals surface area contributed by atoms with Gasteiger partial charge in [-0.1, -0.05) is 37.0 Å². The number of carbonyl (C=O) groups is 1. The summed E-state index contributed by atoms with van der Waals surface area (Å²) < 4.78 is 7.27. The summed E-state index contributed by atoms with van der Waals surface area (Å²) >= 11 is 13.0. The Morgan fingerprint density at radius 1 is 1.31 bits per heavy atom. The summed E-state index contributed by atoms with van der Waals surface area (Å²) in [6.45, 7) is 4.03. The highest BCUT2D eigenvalue weighted by Crippen LogP contribution is 2.40. The van der Waals surface area contributed by atoms with Crippen molar-refractivity contribution in [1.82, 2.24) is 14.9 Å². The van der Waals surface area contributed by atoms with Crippen LogP contribution in [0.3, 0.4) is 0 Å². The molecule has 0 bridgehead atoms. The largest absolute Gasteiger partial charge is 0.488 e. The zero-order valence-electron chi connectivity index (χ0n) is 16.2. The number of hydrogen-bond acceptors (Lipinski definition) is 4. The highest BCUT2D eigenvalue weighted by molar-refractivity contribution is 6.41. The van der Waals surface area contributed by atoms with Gasteiger partial charge in [0.05, 0.1) is 22.0 Å². The molecule has 154 valence electrons. The molecule has 0 fully saturated rings. The van der Waals surface area contributed by atoms with Crippen LogP contribution >= 0.6 is 23.2 Å². The molecule has 2 heterocycles. The van der Waals surface area contributed by atoms with Crippen LogP contribution in [-0.4, -0.2) is 33.4 Å².